The van der Waals surface area contributed by atoms with Crippen LogP contribution in [0, 0.1) is 0 Å². The third-order valence-corrected chi connectivity index (χ3v) is 4.38. The van der Waals surface area contributed by atoms with Crippen LogP contribution < -0.4 is 5.32 Å². The predicted molar refractivity (Wildman–Crippen MR) is 107 cm³/mol. The van der Waals surface area contributed by atoms with Gasteiger partial charge in [-0.25, -0.2) is 15.0 Å². The van der Waals surface area contributed by atoms with E-state index in [2.05, 4.69) is 20.3 Å². The summed E-state index contributed by atoms with van der Waals surface area (Å²) in [5.74, 6) is 1.28. The maximum Gasteiger partial charge on any atom is 0.180 e. The van der Waals surface area contributed by atoms with E-state index in [-0.39, 0.29) is 0 Å². The Hall–Kier alpha value is -2.69. The summed E-state index contributed by atoms with van der Waals surface area (Å²) in [6.07, 6.45) is 0. The van der Waals surface area contributed by atoms with E-state index in [1.807, 2.05) is 60.7 Å². The molecule has 2 aromatic heterocycles. The van der Waals surface area contributed by atoms with Gasteiger partial charge in [0.25, 0.3) is 0 Å². The van der Waals surface area contributed by atoms with Gasteiger partial charge in [0.2, 0.25) is 0 Å². The van der Waals surface area contributed by atoms with Crippen LogP contribution in [-0.2, 0) is 6.54 Å². The van der Waals surface area contributed by atoms with E-state index in [0.29, 0.717) is 23.2 Å². The van der Waals surface area contributed by atoms with Crippen LogP contribution in [-0.4, -0.2) is 15.0 Å². The van der Waals surface area contributed by atoms with E-state index in [0.717, 1.165) is 27.3 Å². The van der Waals surface area contributed by atoms with Gasteiger partial charge in [-0.1, -0.05) is 53.5 Å². The van der Waals surface area contributed by atoms with Crippen molar-refractivity contribution in [2.24, 2.45) is 0 Å². The fourth-order valence-electron chi connectivity index (χ4n) is 2.65. The van der Waals surface area contributed by atoms with Gasteiger partial charge in [-0.3, -0.25) is 0 Å². The standard InChI is InChI=1S/C20H14Cl2N4/c21-14-10-8-13(9-11-14)12-23-19-15-4-1-2-5-16(15)25-20(26-19)17-6-3-7-18(22)24-17/h1-11H,12H2,(H,23,25,26). The second-order valence-electron chi connectivity index (χ2n) is 5.74. The van der Waals surface area contributed by atoms with Gasteiger partial charge in [0.15, 0.2) is 5.82 Å². The average Bonchev–Trinajstić information content (AvgIpc) is 2.67. The number of fused-ring (bicyclic) bond motifs is 1. The highest BCUT2D eigenvalue weighted by atomic mass is 35.5. The zero-order valence-electron chi connectivity index (χ0n) is 13.7. The highest BCUT2D eigenvalue weighted by molar-refractivity contribution is 6.30. The normalized spacial score (nSPS) is 10.8. The summed E-state index contributed by atoms with van der Waals surface area (Å²) >= 11 is 12.0. The molecule has 4 aromatic rings. The molecule has 0 radical (unpaired) electrons. The molecule has 0 saturated heterocycles. The first kappa shape index (κ1) is 16.8. The van der Waals surface area contributed by atoms with Crippen molar-refractivity contribution in [3.63, 3.8) is 0 Å². The smallest absolute Gasteiger partial charge is 0.180 e. The SMILES string of the molecule is Clc1ccc(CNc2nc(-c3cccc(Cl)n3)nc3ccccc23)cc1. The van der Waals surface area contributed by atoms with Crippen LogP contribution in [0.15, 0.2) is 66.7 Å². The lowest BCUT2D eigenvalue weighted by atomic mass is 10.2. The van der Waals surface area contributed by atoms with Crippen molar-refractivity contribution in [3.8, 4) is 11.5 Å². The fraction of sp³-hybridized carbons (Fsp3) is 0.0500. The number of nitrogens with zero attached hydrogens (tertiary/aromatic N) is 3. The van der Waals surface area contributed by atoms with Crippen LogP contribution >= 0.6 is 23.2 Å². The number of aromatic nitrogens is 3. The van der Waals surface area contributed by atoms with Crippen molar-refractivity contribution < 1.29 is 0 Å². The third-order valence-electron chi connectivity index (χ3n) is 3.92. The van der Waals surface area contributed by atoms with Gasteiger partial charge in [0, 0.05) is 17.0 Å². The Morgan fingerprint density at radius 1 is 0.769 bits per heavy atom. The number of para-hydroxylation sites is 1. The maximum absolute atomic E-state index is 6.01. The number of hydrogen-bond acceptors (Lipinski definition) is 4. The molecule has 26 heavy (non-hydrogen) atoms. The fourth-order valence-corrected chi connectivity index (χ4v) is 2.94. The minimum absolute atomic E-state index is 0.412. The molecule has 0 saturated carbocycles. The van der Waals surface area contributed by atoms with Crippen molar-refractivity contribution >= 4 is 39.9 Å². The minimum Gasteiger partial charge on any atom is -0.365 e. The van der Waals surface area contributed by atoms with E-state index < -0.39 is 0 Å². The van der Waals surface area contributed by atoms with Crippen molar-refractivity contribution in [1.29, 1.82) is 0 Å². The zero-order valence-corrected chi connectivity index (χ0v) is 15.2. The lowest BCUT2D eigenvalue weighted by Gasteiger charge is -2.11. The van der Waals surface area contributed by atoms with E-state index in [1.165, 1.54) is 0 Å². The molecule has 0 aliphatic rings. The summed E-state index contributed by atoms with van der Waals surface area (Å²) in [5.41, 5.74) is 2.59. The molecule has 0 unspecified atom stereocenters. The van der Waals surface area contributed by atoms with Crippen LogP contribution in [0.25, 0.3) is 22.4 Å². The Morgan fingerprint density at radius 2 is 1.58 bits per heavy atom. The molecule has 0 aliphatic carbocycles. The Bertz CT molecular complexity index is 1060. The molecule has 0 bridgehead atoms. The van der Waals surface area contributed by atoms with Crippen LogP contribution in [0.3, 0.4) is 0 Å². The van der Waals surface area contributed by atoms with E-state index in [1.54, 1.807) is 6.07 Å². The lowest BCUT2D eigenvalue weighted by Crippen LogP contribution is -2.04. The van der Waals surface area contributed by atoms with Gasteiger partial charge < -0.3 is 5.32 Å². The maximum atomic E-state index is 6.01. The number of anilines is 1. The van der Waals surface area contributed by atoms with Crippen LogP contribution in [0.2, 0.25) is 10.2 Å². The number of nitrogens with one attached hydrogen (secondary N) is 1. The summed E-state index contributed by atoms with van der Waals surface area (Å²) in [4.78, 5) is 13.6. The largest absolute Gasteiger partial charge is 0.365 e. The lowest BCUT2D eigenvalue weighted by molar-refractivity contribution is 1.10. The summed E-state index contributed by atoms with van der Waals surface area (Å²) in [6, 6.07) is 21.0. The quantitative estimate of drug-likeness (QED) is 0.467. The predicted octanol–water partition coefficient (Wildman–Crippen LogP) is 5.61. The number of pyridine rings is 1. The second-order valence-corrected chi connectivity index (χ2v) is 6.56. The molecule has 2 heterocycles. The van der Waals surface area contributed by atoms with Gasteiger partial charge >= 0.3 is 0 Å². The molecule has 0 atom stereocenters. The van der Waals surface area contributed by atoms with E-state index in [9.17, 15) is 0 Å². The minimum atomic E-state index is 0.412. The number of benzene rings is 2. The summed E-state index contributed by atoms with van der Waals surface area (Å²) in [5, 5.41) is 5.47. The van der Waals surface area contributed by atoms with Crippen molar-refractivity contribution in [2.75, 3.05) is 5.32 Å². The number of hydrogen-bond donors (Lipinski definition) is 1. The average molecular weight is 381 g/mol. The number of rotatable bonds is 4. The van der Waals surface area contributed by atoms with E-state index >= 15 is 0 Å². The molecular formula is C20H14Cl2N4. The summed E-state index contributed by atoms with van der Waals surface area (Å²) < 4.78 is 0. The van der Waals surface area contributed by atoms with Crippen LogP contribution in [0.4, 0.5) is 5.82 Å². The summed E-state index contributed by atoms with van der Waals surface area (Å²) in [7, 11) is 0. The highest BCUT2D eigenvalue weighted by Gasteiger charge is 2.10. The van der Waals surface area contributed by atoms with Crippen molar-refractivity contribution in [1.82, 2.24) is 15.0 Å². The monoisotopic (exact) mass is 380 g/mol. The molecular weight excluding hydrogens is 367 g/mol. The summed E-state index contributed by atoms with van der Waals surface area (Å²) in [6.45, 7) is 0.626. The Kier molecular flexibility index (Phi) is 4.69. The van der Waals surface area contributed by atoms with E-state index in [4.69, 9.17) is 23.2 Å². The molecule has 2 aromatic carbocycles. The highest BCUT2D eigenvalue weighted by Crippen LogP contribution is 2.25. The van der Waals surface area contributed by atoms with Crippen molar-refractivity contribution in [3.05, 3.63) is 82.5 Å². The molecule has 4 rings (SSSR count). The first-order valence-corrected chi connectivity index (χ1v) is 8.83. The second kappa shape index (κ2) is 7.28. The molecule has 4 nitrogen and oxygen atoms in total. The molecule has 0 amide bonds. The zero-order chi connectivity index (χ0) is 17.9. The molecule has 128 valence electrons. The Labute approximate surface area is 160 Å². The van der Waals surface area contributed by atoms with Crippen molar-refractivity contribution in [2.45, 2.75) is 6.54 Å². The van der Waals surface area contributed by atoms with Gasteiger partial charge in [-0.2, -0.15) is 0 Å². The third kappa shape index (κ3) is 3.62. The molecule has 0 fully saturated rings. The van der Waals surface area contributed by atoms with Gasteiger partial charge in [-0.15, -0.1) is 0 Å². The van der Waals surface area contributed by atoms with Crippen LogP contribution in [0.5, 0.6) is 0 Å². The Balaban J connectivity index is 1.73. The number of halogens is 2. The van der Waals surface area contributed by atoms with Gasteiger partial charge in [0.05, 0.1) is 5.52 Å². The molecule has 1 N–H and O–H groups in total. The van der Waals surface area contributed by atoms with Gasteiger partial charge in [-0.05, 0) is 42.0 Å². The van der Waals surface area contributed by atoms with Gasteiger partial charge in [0.1, 0.15) is 16.7 Å². The first-order chi connectivity index (χ1) is 12.7. The topological polar surface area (TPSA) is 50.7 Å². The molecule has 6 heteroatoms. The van der Waals surface area contributed by atoms with Crippen LogP contribution in [0.1, 0.15) is 5.56 Å². The molecule has 0 spiro atoms. The molecule has 0 aliphatic heterocycles. The Morgan fingerprint density at radius 3 is 2.38 bits per heavy atom. The first-order valence-electron chi connectivity index (χ1n) is 8.07.